The number of rotatable bonds is 6. The van der Waals surface area contributed by atoms with Crippen LogP contribution in [-0.4, -0.2) is 31.2 Å². The standard InChI is InChI=1S/C18H32N2O2.ClH/c1-2-22-15-11-14(18(15)9-6-10-18)20-16(21)12-17(13-19)7-4-3-5-8-17;/h14-15H,2-13,19H2,1H3,(H,20,21);1H. The van der Waals surface area contributed by atoms with Gasteiger partial charge in [-0.1, -0.05) is 25.7 Å². The van der Waals surface area contributed by atoms with E-state index in [-0.39, 0.29) is 29.1 Å². The molecule has 0 aromatic carbocycles. The Morgan fingerprint density at radius 3 is 2.39 bits per heavy atom. The predicted molar refractivity (Wildman–Crippen MR) is 94.7 cm³/mol. The van der Waals surface area contributed by atoms with E-state index in [1.807, 2.05) is 0 Å². The Morgan fingerprint density at radius 1 is 1.17 bits per heavy atom. The summed E-state index contributed by atoms with van der Waals surface area (Å²) in [6.07, 6.45) is 11.7. The van der Waals surface area contributed by atoms with E-state index in [0.717, 1.165) is 25.9 Å². The van der Waals surface area contributed by atoms with Crippen molar-refractivity contribution in [3.8, 4) is 0 Å². The topological polar surface area (TPSA) is 64.3 Å². The molecule has 3 N–H and O–H groups in total. The molecule has 0 aliphatic heterocycles. The van der Waals surface area contributed by atoms with Crippen molar-refractivity contribution in [2.75, 3.05) is 13.2 Å². The van der Waals surface area contributed by atoms with Crippen LogP contribution < -0.4 is 11.1 Å². The average molecular weight is 345 g/mol. The minimum Gasteiger partial charge on any atom is -0.378 e. The smallest absolute Gasteiger partial charge is 0.220 e. The summed E-state index contributed by atoms with van der Waals surface area (Å²) in [5, 5.41) is 3.33. The Hall–Kier alpha value is -0.320. The molecule has 0 aromatic rings. The average Bonchev–Trinajstić information content (AvgIpc) is 2.45. The van der Waals surface area contributed by atoms with Gasteiger partial charge >= 0.3 is 0 Å². The first-order chi connectivity index (χ1) is 10.6. The van der Waals surface area contributed by atoms with Gasteiger partial charge in [0.2, 0.25) is 5.91 Å². The summed E-state index contributed by atoms with van der Waals surface area (Å²) in [5.74, 6) is 0.221. The zero-order valence-corrected chi connectivity index (χ0v) is 15.3. The molecule has 3 aliphatic carbocycles. The van der Waals surface area contributed by atoms with Gasteiger partial charge in [-0.15, -0.1) is 12.4 Å². The summed E-state index contributed by atoms with van der Waals surface area (Å²) >= 11 is 0. The maximum absolute atomic E-state index is 12.6. The van der Waals surface area contributed by atoms with Crippen LogP contribution in [-0.2, 0) is 9.53 Å². The molecule has 0 saturated heterocycles. The van der Waals surface area contributed by atoms with Gasteiger partial charge in [-0.2, -0.15) is 0 Å². The predicted octanol–water partition coefficient (Wildman–Crippen LogP) is 3.17. The lowest BCUT2D eigenvalue weighted by atomic mass is 9.51. The second kappa shape index (κ2) is 7.71. The first-order valence-electron chi connectivity index (χ1n) is 9.25. The third kappa shape index (κ3) is 3.54. The minimum absolute atomic E-state index is 0. The largest absolute Gasteiger partial charge is 0.378 e. The zero-order valence-electron chi connectivity index (χ0n) is 14.4. The Kier molecular flexibility index (Phi) is 6.37. The third-order valence-electron chi connectivity index (χ3n) is 6.66. The summed E-state index contributed by atoms with van der Waals surface area (Å²) in [7, 11) is 0. The van der Waals surface area contributed by atoms with Crippen molar-refractivity contribution in [1.82, 2.24) is 5.32 Å². The van der Waals surface area contributed by atoms with Crippen molar-refractivity contribution >= 4 is 18.3 Å². The minimum atomic E-state index is 0. The van der Waals surface area contributed by atoms with E-state index < -0.39 is 0 Å². The van der Waals surface area contributed by atoms with Gasteiger partial charge in [0.1, 0.15) is 0 Å². The number of nitrogens with two attached hydrogens (primary N) is 1. The fraction of sp³-hybridized carbons (Fsp3) is 0.944. The quantitative estimate of drug-likeness (QED) is 0.777. The van der Waals surface area contributed by atoms with E-state index in [9.17, 15) is 4.79 Å². The molecule has 1 amide bonds. The number of carbonyl (C=O) groups is 1. The molecule has 5 heteroatoms. The number of nitrogens with one attached hydrogen (secondary N) is 1. The number of carbonyl (C=O) groups excluding carboxylic acids is 1. The fourth-order valence-electron chi connectivity index (χ4n) is 4.98. The summed E-state index contributed by atoms with van der Waals surface area (Å²) in [6.45, 7) is 3.49. The highest BCUT2D eigenvalue weighted by Gasteiger charge is 2.59. The van der Waals surface area contributed by atoms with Crippen LogP contribution in [0.4, 0.5) is 0 Å². The van der Waals surface area contributed by atoms with Crippen LogP contribution in [0.25, 0.3) is 0 Å². The number of hydrogen-bond donors (Lipinski definition) is 2. The van der Waals surface area contributed by atoms with Crippen LogP contribution in [0.15, 0.2) is 0 Å². The number of hydrogen-bond acceptors (Lipinski definition) is 3. The molecule has 3 rings (SSSR count). The zero-order chi connectivity index (χ0) is 15.6. The van der Waals surface area contributed by atoms with E-state index in [1.54, 1.807) is 0 Å². The van der Waals surface area contributed by atoms with Crippen LogP contribution in [0.3, 0.4) is 0 Å². The highest BCUT2D eigenvalue weighted by Crippen LogP contribution is 2.57. The highest BCUT2D eigenvalue weighted by atomic mass is 35.5. The van der Waals surface area contributed by atoms with Gasteiger partial charge in [0.15, 0.2) is 0 Å². The van der Waals surface area contributed by atoms with E-state index in [2.05, 4.69) is 12.2 Å². The summed E-state index contributed by atoms with van der Waals surface area (Å²) < 4.78 is 5.87. The van der Waals surface area contributed by atoms with Gasteiger partial charge in [-0.25, -0.2) is 0 Å². The molecule has 4 nitrogen and oxygen atoms in total. The molecule has 0 radical (unpaired) electrons. The number of halogens is 1. The van der Waals surface area contributed by atoms with Gasteiger partial charge in [0.05, 0.1) is 6.10 Å². The lowest BCUT2D eigenvalue weighted by molar-refractivity contribution is -0.176. The van der Waals surface area contributed by atoms with Crippen molar-refractivity contribution in [2.24, 2.45) is 16.6 Å². The second-order valence-corrected chi connectivity index (χ2v) is 7.83. The van der Waals surface area contributed by atoms with Crippen LogP contribution in [0.5, 0.6) is 0 Å². The molecule has 0 heterocycles. The summed E-state index contributed by atoms with van der Waals surface area (Å²) in [4.78, 5) is 12.6. The molecule has 2 atom stereocenters. The Morgan fingerprint density at radius 2 is 1.87 bits per heavy atom. The molecule has 2 unspecified atom stereocenters. The van der Waals surface area contributed by atoms with Gasteiger partial charge in [-0.05, 0) is 51.0 Å². The first-order valence-corrected chi connectivity index (χ1v) is 9.25. The SMILES string of the molecule is CCOC1CC(NC(=O)CC2(CN)CCCCC2)C12CCC2.Cl. The fourth-order valence-corrected chi connectivity index (χ4v) is 4.98. The van der Waals surface area contributed by atoms with Crippen molar-refractivity contribution in [3.63, 3.8) is 0 Å². The van der Waals surface area contributed by atoms with Crippen molar-refractivity contribution in [3.05, 3.63) is 0 Å². The molecule has 0 bridgehead atoms. The molecule has 134 valence electrons. The molecule has 3 fully saturated rings. The summed E-state index contributed by atoms with van der Waals surface area (Å²) in [5.41, 5.74) is 6.34. The van der Waals surface area contributed by atoms with Crippen LogP contribution >= 0.6 is 12.4 Å². The molecular weight excluding hydrogens is 312 g/mol. The van der Waals surface area contributed by atoms with Gasteiger partial charge in [0.25, 0.3) is 0 Å². The van der Waals surface area contributed by atoms with Gasteiger partial charge in [-0.3, -0.25) is 4.79 Å². The maximum atomic E-state index is 12.6. The number of ether oxygens (including phenoxy) is 1. The molecule has 3 saturated carbocycles. The van der Waals surface area contributed by atoms with Crippen molar-refractivity contribution in [2.45, 2.75) is 83.3 Å². The number of amides is 1. The molecule has 0 aromatic heterocycles. The van der Waals surface area contributed by atoms with Crippen LogP contribution in [0.1, 0.15) is 71.1 Å². The first kappa shape index (κ1) is 19.0. The monoisotopic (exact) mass is 344 g/mol. The molecule has 1 spiro atoms. The normalized spacial score (nSPS) is 30.7. The van der Waals surface area contributed by atoms with E-state index in [0.29, 0.717) is 25.1 Å². The van der Waals surface area contributed by atoms with Gasteiger partial charge in [0, 0.05) is 24.5 Å². The lowest BCUT2D eigenvalue weighted by Gasteiger charge is -2.61. The Bertz CT molecular complexity index is 406. The van der Waals surface area contributed by atoms with E-state index in [4.69, 9.17) is 10.5 Å². The summed E-state index contributed by atoms with van der Waals surface area (Å²) in [6, 6.07) is 0.337. The van der Waals surface area contributed by atoms with Crippen molar-refractivity contribution in [1.29, 1.82) is 0 Å². The molecule has 3 aliphatic rings. The maximum Gasteiger partial charge on any atom is 0.220 e. The lowest BCUT2D eigenvalue weighted by Crippen LogP contribution is -2.67. The van der Waals surface area contributed by atoms with E-state index >= 15 is 0 Å². The second-order valence-electron chi connectivity index (χ2n) is 7.83. The molecular formula is C18H33ClN2O2. The van der Waals surface area contributed by atoms with Crippen LogP contribution in [0, 0.1) is 10.8 Å². The Balaban J connectivity index is 0.00000192. The van der Waals surface area contributed by atoms with E-state index in [1.165, 1.54) is 38.5 Å². The Labute approximate surface area is 146 Å². The highest BCUT2D eigenvalue weighted by molar-refractivity contribution is 5.85. The van der Waals surface area contributed by atoms with Gasteiger partial charge < -0.3 is 15.8 Å². The van der Waals surface area contributed by atoms with Crippen molar-refractivity contribution < 1.29 is 9.53 Å². The third-order valence-corrected chi connectivity index (χ3v) is 6.66. The van der Waals surface area contributed by atoms with Crippen LogP contribution in [0.2, 0.25) is 0 Å². The molecule has 23 heavy (non-hydrogen) atoms.